The Bertz CT molecular complexity index is 635. The molecule has 0 N–H and O–H groups in total. The molecule has 1 aromatic carbocycles. The molecule has 1 aliphatic carbocycles. The molecule has 2 rings (SSSR count). The number of fused-ring (bicyclic) bond motifs is 1. The van der Waals surface area contributed by atoms with Crippen LogP contribution in [0.4, 0.5) is 0 Å². The summed E-state index contributed by atoms with van der Waals surface area (Å²) in [6.07, 6.45) is 10.9. The average Bonchev–Trinajstić information content (AvgIpc) is 2.95. The van der Waals surface area contributed by atoms with E-state index in [-0.39, 0.29) is 0 Å². The second kappa shape index (κ2) is 9.39. The predicted octanol–water partition coefficient (Wildman–Crippen LogP) is 4.79. The van der Waals surface area contributed by atoms with Crippen LogP contribution in [0, 0.1) is 5.92 Å². The Hall–Kier alpha value is -1.93. The fourth-order valence-electron chi connectivity index (χ4n) is 3.34. The number of benzene rings is 1. The maximum absolute atomic E-state index is 4.62. The number of hydrogen-bond donors (Lipinski definition) is 0. The first-order chi connectivity index (χ1) is 11.7. The molecule has 2 heteroatoms. The molecule has 2 nitrogen and oxygen atoms in total. The lowest BCUT2D eigenvalue weighted by molar-refractivity contribution is 0.412. The number of rotatable bonds is 9. The lowest BCUT2D eigenvalue weighted by Crippen LogP contribution is -2.15. The zero-order chi connectivity index (χ0) is 17.4. The molecule has 0 saturated carbocycles. The molecule has 1 atom stereocenters. The van der Waals surface area contributed by atoms with Crippen molar-refractivity contribution in [2.45, 2.75) is 26.2 Å². The summed E-state index contributed by atoms with van der Waals surface area (Å²) in [5.41, 5.74) is 6.10. The molecule has 0 saturated heterocycles. The minimum Gasteiger partial charge on any atom is -0.309 e. The van der Waals surface area contributed by atoms with Crippen LogP contribution in [0.5, 0.6) is 0 Å². The van der Waals surface area contributed by atoms with E-state index in [1.165, 1.54) is 11.1 Å². The molecule has 0 fully saturated rings. The van der Waals surface area contributed by atoms with Crippen LogP contribution < -0.4 is 0 Å². The van der Waals surface area contributed by atoms with Crippen LogP contribution in [0.25, 0.3) is 5.57 Å². The molecule has 128 valence electrons. The van der Waals surface area contributed by atoms with Crippen LogP contribution in [0.2, 0.25) is 0 Å². The molecule has 1 unspecified atom stereocenters. The first-order valence-electron chi connectivity index (χ1n) is 8.89. The van der Waals surface area contributed by atoms with Gasteiger partial charge in [0.05, 0.1) is 0 Å². The van der Waals surface area contributed by atoms with E-state index in [4.69, 9.17) is 0 Å². The van der Waals surface area contributed by atoms with E-state index in [9.17, 15) is 0 Å². The van der Waals surface area contributed by atoms with Gasteiger partial charge in [0.15, 0.2) is 0 Å². The SMILES string of the molecule is C=C/C=C\C=N/CC(CC)C1=C(CCN(C)C)Cc2ccccc21. The average molecular weight is 322 g/mol. The van der Waals surface area contributed by atoms with Gasteiger partial charge in [-0.2, -0.15) is 0 Å². The van der Waals surface area contributed by atoms with Crippen molar-refractivity contribution in [2.24, 2.45) is 10.9 Å². The van der Waals surface area contributed by atoms with Crippen molar-refractivity contribution in [3.63, 3.8) is 0 Å². The molecule has 1 aromatic rings. The fraction of sp³-hybridized carbons (Fsp3) is 0.409. The van der Waals surface area contributed by atoms with Crippen molar-refractivity contribution >= 4 is 11.8 Å². The van der Waals surface area contributed by atoms with Gasteiger partial charge in [-0.25, -0.2) is 0 Å². The maximum Gasteiger partial charge on any atom is 0.0458 e. The number of nitrogens with zero attached hydrogens (tertiary/aromatic N) is 2. The van der Waals surface area contributed by atoms with Gasteiger partial charge in [0.25, 0.3) is 0 Å². The Morgan fingerprint density at radius 3 is 2.75 bits per heavy atom. The molecule has 0 radical (unpaired) electrons. The van der Waals surface area contributed by atoms with Crippen LogP contribution in [0.3, 0.4) is 0 Å². The van der Waals surface area contributed by atoms with Gasteiger partial charge in [0.1, 0.15) is 0 Å². The summed E-state index contributed by atoms with van der Waals surface area (Å²) < 4.78 is 0. The summed E-state index contributed by atoms with van der Waals surface area (Å²) in [7, 11) is 4.30. The summed E-state index contributed by atoms with van der Waals surface area (Å²) in [6.45, 7) is 7.92. The summed E-state index contributed by atoms with van der Waals surface area (Å²) in [6, 6.07) is 8.89. The Morgan fingerprint density at radius 2 is 2.04 bits per heavy atom. The van der Waals surface area contributed by atoms with Crippen LogP contribution in [0.1, 0.15) is 30.9 Å². The standard InChI is InChI=1S/C22H30N2/c1-5-7-10-14-23-17-18(6-2)22-20(13-15-24(3)4)16-19-11-8-9-12-21(19)22/h5,7-12,14,18H,1,6,13,15-17H2,2-4H3/b10-7-,23-14-. The fourth-order valence-corrected chi connectivity index (χ4v) is 3.34. The Morgan fingerprint density at radius 1 is 1.25 bits per heavy atom. The summed E-state index contributed by atoms with van der Waals surface area (Å²) in [4.78, 5) is 6.89. The summed E-state index contributed by atoms with van der Waals surface area (Å²) >= 11 is 0. The van der Waals surface area contributed by atoms with Crippen LogP contribution in [-0.2, 0) is 6.42 Å². The molecular formula is C22H30N2. The van der Waals surface area contributed by atoms with Gasteiger partial charge in [0, 0.05) is 25.2 Å². The Labute approximate surface area is 147 Å². The van der Waals surface area contributed by atoms with Crippen LogP contribution in [0.15, 0.2) is 59.6 Å². The zero-order valence-electron chi connectivity index (χ0n) is 15.3. The van der Waals surface area contributed by atoms with E-state index in [2.05, 4.69) is 61.8 Å². The van der Waals surface area contributed by atoms with Crippen molar-refractivity contribution in [1.82, 2.24) is 4.90 Å². The Balaban J connectivity index is 2.23. The highest BCUT2D eigenvalue weighted by atomic mass is 15.0. The maximum atomic E-state index is 4.62. The number of aliphatic imine (C=N–C) groups is 1. The summed E-state index contributed by atoms with van der Waals surface area (Å²) in [5.74, 6) is 0.499. The summed E-state index contributed by atoms with van der Waals surface area (Å²) in [5, 5.41) is 0. The molecule has 0 heterocycles. The minimum atomic E-state index is 0.499. The molecule has 0 aliphatic heterocycles. The lowest BCUT2D eigenvalue weighted by atomic mass is 9.89. The topological polar surface area (TPSA) is 15.6 Å². The van der Waals surface area contributed by atoms with E-state index >= 15 is 0 Å². The first-order valence-corrected chi connectivity index (χ1v) is 8.89. The first kappa shape index (κ1) is 18.4. The molecule has 0 amide bonds. The van der Waals surface area contributed by atoms with Gasteiger partial charge in [-0.15, -0.1) is 0 Å². The van der Waals surface area contributed by atoms with Crippen LogP contribution >= 0.6 is 0 Å². The molecule has 24 heavy (non-hydrogen) atoms. The molecular weight excluding hydrogens is 292 g/mol. The Kier molecular flexibility index (Phi) is 7.20. The highest BCUT2D eigenvalue weighted by molar-refractivity contribution is 5.78. The third-order valence-electron chi connectivity index (χ3n) is 4.62. The molecule has 0 spiro atoms. The third-order valence-corrected chi connectivity index (χ3v) is 4.62. The van der Waals surface area contributed by atoms with Gasteiger partial charge >= 0.3 is 0 Å². The van der Waals surface area contributed by atoms with Crippen molar-refractivity contribution in [2.75, 3.05) is 27.2 Å². The second-order valence-electron chi connectivity index (χ2n) is 6.64. The monoisotopic (exact) mass is 322 g/mol. The number of allylic oxidation sites excluding steroid dienone is 3. The van der Waals surface area contributed by atoms with Crippen molar-refractivity contribution in [3.8, 4) is 0 Å². The highest BCUT2D eigenvalue weighted by Gasteiger charge is 2.26. The van der Waals surface area contributed by atoms with E-state index in [1.807, 2.05) is 18.4 Å². The van der Waals surface area contributed by atoms with Gasteiger partial charge in [-0.05, 0) is 56.1 Å². The minimum absolute atomic E-state index is 0.499. The van der Waals surface area contributed by atoms with Crippen molar-refractivity contribution in [1.29, 1.82) is 0 Å². The number of hydrogen-bond acceptors (Lipinski definition) is 2. The van der Waals surface area contributed by atoms with Crippen LogP contribution in [-0.4, -0.2) is 38.3 Å². The molecule has 1 aliphatic rings. The molecule has 0 aromatic heterocycles. The smallest absolute Gasteiger partial charge is 0.0458 e. The lowest BCUT2D eigenvalue weighted by Gasteiger charge is -2.19. The van der Waals surface area contributed by atoms with E-state index in [1.54, 1.807) is 17.2 Å². The quantitative estimate of drug-likeness (QED) is 0.471. The largest absolute Gasteiger partial charge is 0.309 e. The normalized spacial score (nSPS) is 15.7. The van der Waals surface area contributed by atoms with Crippen molar-refractivity contribution < 1.29 is 0 Å². The highest BCUT2D eigenvalue weighted by Crippen LogP contribution is 2.40. The van der Waals surface area contributed by atoms with Gasteiger partial charge in [-0.3, -0.25) is 4.99 Å². The van der Waals surface area contributed by atoms with E-state index < -0.39 is 0 Å². The van der Waals surface area contributed by atoms with Crippen molar-refractivity contribution in [3.05, 3.63) is 65.8 Å². The zero-order valence-corrected chi connectivity index (χ0v) is 15.3. The predicted molar refractivity (Wildman–Crippen MR) is 107 cm³/mol. The van der Waals surface area contributed by atoms with E-state index in [0.717, 1.165) is 32.4 Å². The van der Waals surface area contributed by atoms with Gasteiger partial charge in [0.2, 0.25) is 0 Å². The second-order valence-corrected chi connectivity index (χ2v) is 6.64. The molecule has 0 bridgehead atoms. The third kappa shape index (κ3) is 4.78. The van der Waals surface area contributed by atoms with Gasteiger partial charge in [-0.1, -0.05) is 55.5 Å². The van der Waals surface area contributed by atoms with Gasteiger partial charge < -0.3 is 4.90 Å². The van der Waals surface area contributed by atoms with E-state index in [0.29, 0.717) is 5.92 Å².